The zero-order valence-corrected chi connectivity index (χ0v) is 19.0. The van der Waals surface area contributed by atoms with Crippen LogP contribution in [0.1, 0.15) is 77.1 Å². The van der Waals surface area contributed by atoms with E-state index in [1.54, 1.807) is 0 Å². The quantitative estimate of drug-likeness (QED) is 0.498. The Balaban J connectivity index is 2.73. The summed E-state index contributed by atoms with van der Waals surface area (Å²) in [7, 11) is 0. The topological polar surface area (TPSA) is 54.4 Å². The predicted molar refractivity (Wildman–Crippen MR) is 119 cm³/mol. The summed E-state index contributed by atoms with van der Waals surface area (Å²) in [6.07, 6.45) is 0.539. The van der Waals surface area contributed by atoms with E-state index >= 15 is 0 Å². The summed E-state index contributed by atoms with van der Waals surface area (Å²) in [6, 6.07) is 11.1. The number of carbonyl (C=O) groups is 2. The SMILES string of the molecule is Cc1cccc(C)c1C(=O)C(O)(C(=O)c1c(C)cccc1C)C(C)CC(C)(C)C. The van der Waals surface area contributed by atoms with Gasteiger partial charge in [-0.1, -0.05) is 64.1 Å². The summed E-state index contributed by atoms with van der Waals surface area (Å²) in [6.45, 7) is 15.3. The Bertz CT molecular complexity index is 827. The first kappa shape index (κ1) is 23.0. The van der Waals surface area contributed by atoms with Crippen LogP contribution in [0.2, 0.25) is 0 Å². The molecule has 1 N–H and O–H groups in total. The van der Waals surface area contributed by atoms with E-state index in [2.05, 4.69) is 20.8 Å². The number of carbonyl (C=O) groups excluding carboxylic acids is 2. The molecule has 2 rings (SSSR count). The Hall–Kier alpha value is -2.26. The Kier molecular flexibility index (Phi) is 6.54. The molecule has 3 nitrogen and oxygen atoms in total. The van der Waals surface area contributed by atoms with Gasteiger partial charge in [0.1, 0.15) is 0 Å². The van der Waals surface area contributed by atoms with Gasteiger partial charge in [0.05, 0.1) is 0 Å². The third-order valence-electron chi connectivity index (χ3n) is 5.74. The summed E-state index contributed by atoms with van der Waals surface area (Å²) >= 11 is 0. The largest absolute Gasteiger partial charge is 0.374 e. The zero-order chi connectivity index (χ0) is 22.1. The monoisotopic (exact) mass is 394 g/mol. The van der Waals surface area contributed by atoms with Crippen molar-refractivity contribution in [1.82, 2.24) is 0 Å². The second kappa shape index (κ2) is 8.23. The fourth-order valence-electron chi connectivity index (χ4n) is 4.34. The molecule has 0 aliphatic heterocycles. The number of ketones is 2. The lowest BCUT2D eigenvalue weighted by atomic mass is 9.69. The minimum absolute atomic E-state index is 0.143. The predicted octanol–water partition coefficient (Wildman–Crippen LogP) is 5.79. The highest BCUT2D eigenvalue weighted by molar-refractivity contribution is 6.24. The van der Waals surface area contributed by atoms with Crippen molar-refractivity contribution >= 4 is 11.6 Å². The molecular weight excluding hydrogens is 360 g/mol. The Labute approximate surface area is 175 Å². The van der Waals surface area contributed by atoms with Gasteiger partial charge in [0.25, 0.3) is 0 Å². The van der Waals surface area contributed by atoms with Gasteiger partial charge in [-0.05, 0) is 61.8 Å². The van der Waals surface area contributed by atoms with Crippen molar-refractivity contribution in [3.63, 3.8) is 0 Å². The van der Waals surface area contributed by atoms with Gasteiger partial charge in [0, 0.05) is 17.0 Å². The van der Waals surface area contributed by atoms with Crippen molar-refractivity contribution in [2.24, 2.45) is 11.3 Å². The number of hydrogen-bond donors (Lipinski definition) is 1. The summed E-state index contributed by atoms with van der Waals surface area (Å²) in [5, 5.41) is 11.9. The van der Waals surface area contributed by atoms with Crippen LogP contribution in [0.15, 0.2) is 36.4 Å². The lowest BCUT2D eigenvalue weighted by Gasteiger charge is -2.36. The van der Waals surface area contributed by atoms with Crippen LogP contribution in [-0.2, 0) is 0 Å². The molecule has 0 aliphatic carbocycles. The molecule has 0 heterocycles. The van der Waals surface area contributed by atoms with E-state index < -0.39 is 23.1 Å². The van der Waals surface area contributed by atoms with Gasteiger partial charge >= 0.3 is 0 Å². The Morgan fingerprint density at radius 1 is 0.793 bits per heavy atom. The highest BCUT2D eigenvalue weighted by atomic mass is 16.3. The smallest absolute Gasteiger partial charge is 0.203 e. The molecule has 0 fully saturated rings. The van der Waals surface area contributed by atoms with Crippen molar-refractivity contribution in [3.8, 4) is 0 Å². The molecule has 0 radical (unpaired) electrons. The molecule has 0 saturated carbocycles. The fraction of sp³-hybridized carbons (Fsp3) is 0.462. The average Bonchev–Trinajstić information content (AvgIpc) is 2.58. The first-order valence-corrected chi connectivity index (χ1v) is 10.2. The van der Waals surface area contributed by atoms with Crippen LogP contribution < -0.4 is 0 Å². The normalized spacial score (nSPS) is 13.3. The lowest BCUT2D eigenvalue weighted by molar-refractivity contribution is 0.000505. The molecule has 0 aliphatic rings. The second-order valence-electron chi connectivity index (χ2n) is 9.62. The van der Waals surface area contributed by atoms with Gasteiger partial charge in [-0.25, -0.2) is 0 Å². The maximum atomic E-state index is 13.8. The van der Waals surface area contributed by atoms with Gasteiger partial charge in [-0.15, -0.1) is 0 Å². The van der Waals surface area contributed by atoms with E-state index in [4.69, 9.17) is 0 Å². The number of Topliss-reactive ketones (excluding diaryl/α,β-unsaturated/α-hetero) is 2. The van der Waals surface area contributed by atoms with Crippen molar-refractivity contribution in [1.29, 1.82) is 0 Å². The molecular formula is C26H34O3. The second-order valence-corrected chi connectivity index (χ2v) is 9.62. The molecule has 1 atom stereocenters. The van der Waals surface area contributed by atoms with E-state index in [9.17, 15) is 14.7 Å². The summed E-state index contributed by atoms with van der Waals surface area (Å²) in [5.74, 6) is -1.55. The van der Waals surface area contributed by atoms with Crippen molar-refractivity contribution in [3.05, 3.63) is 69.8 Å². The maximum absolute atomic E-state index is 13.8. The van der Waals surface area contributed by atoms with Crippen molar-refractivity contribution in [2.45, 2.75) is 67.4 Å². The lowest BCUT2D eigenvalue weighted by Crippen LogP contribution is -2.53. The number of benzene rings is 2. The summed E-state index contributed by atoms with van der Waals surface area (Å²) in [4.78, 5) is 27.6. The molecule has 2 aromatic rings. The number of aliphatic hydroxyl groups is 1. The van der Waals surface area contributed by atoms with E-state index in [1.165, 1.54) is 0 Å². The average molecular weight is 395 g/mol. The van der Waals surface area contributed by atoms with Crippen LogP contribution in [0.3, 0.4) is 0 Å². The molecule has 0 bridgehead atoms. The van der Waals surface area contributed by atoms with Gasteiger partial charge in [-0.3, -0.25) is 9.59 Å². The zero-order valence-electron chi connectivity index (χ0n) is 19.0. The molecule has 0 spiro atoms. The highest BCUT2D eigenvalue weighted by Crippen LogP contribution is 2.37. The van der Waals surface area contributed by atoms with Crippen LogP contribution in [0.4, 0.5) is 0 Å². The first-order valence-electron chi connectivity index (χ1n) is 10.2. The molecule has 29 heavy (non-hydrogen) atoms. The molecule has 3 heteroatoms. The Morgan fingerprint density at radius 3 is 1.38 bits per heavy atom. The van der Waals surface area contributed by atoms with Crippen LogP contribution in [0.25, 0.3) is 0 Å². The number of aryl methyl sites for hydroxylation is 4. The summed E-state index contributed by atoms with van der Waals surface area (Å²) < 4.78 is 0. The minimum atomic E-state index is -2.12. The molecule has 2 aromatic carbocycles. The maximum Gasteiger partial charge on any atom is 0.203 e. The van der Waals surface area contributed by atoms with Gasteiger partial charge in [0.15, 0.2) is 5.60 Å². The van der Waals surface area contributed by atoms with Gasteiger partial charge in [0.2, 0.25) is 11.6 Å². The van der Waals surface area contributed by atoms with E-state index in [-0.39, 0.29) is 5.41 Å². The van der Waals surface area contributed by atoms with Crippen molar-refractivity contribution in [2.75, 3.05) is 0 Å². The van der Waals surface area contributed by atoms with Crippen molar-refractivity contribution < 1.29 is 14.7 Å². The Morgan fingerprint density at radius 2 is 1.10 bits per heavy atom. The van der Waals surface area contributed by atoms with E-state index in [0.717, 1.165) is 22.3 Å². The number of rotatable bonds is 6. The van der Waals surface area contributed by atoms with Crippen LogP contribution in [0, 0.1) is 39.0 Å². The molecule has 0 amide bonds. The third-order valence-corrected chi connectivity index (χ3v) is 5.74. The fourth-order valence-corrected chi connectivity index (χ4v) is 4.34. The van der Waals surface area contributed by atoms with Crippen LogP contribution in [0.5, 0.6) is 0 Å². The molecule has 156 valence electrons. The van der Waals surface area contributed by atoms with Crippen LogP contribution in [-0.4, -0.2) is 22.3 Å². The molecule has 0 saturated heterocycles. The molecule has 1 unspecified atom stereocenters. The standard InChI is InChI=1S/C26H34O3/c1-16-11-9-12-17(2)21(16)23(27)26(29,20(5)15-25(6,7)8)24(28)22-18(3)13-10-14-19(22)4/h9-14,20,29H,15H2,1-8H3. The summed E-state index contributed by atoms with van der Waals surface area (Å²) in [5.41, 5.74) is 1.69. The van der Waals surface area contributed by atoms with Gasteiger partial charge in [-0.2, -0.15) is 0 Å². The van der Waals surface area contributed by atoms with Crippen LogP contribution >= 0.6 is 0 Å². The molecule has 0 aromatic heterocycles. The van der Waals surface area contributed by atoms with E-state index in [1.807, 2.05) is 71.0 Å². The minimum Gasteiger partial charge on any atom is -0.374 e. The van der Waals surface area contributed by atoms with E-state index in [0.29, 0.717) is 17.5 Å². The number of hydrogen-bond acceptors (Lipinski definition) is 3. The third kappa shape index (κ3) is 4.51. The van der Waals surface area contributed by atoms with Gasteiger partial charge < -0.3 is 5.11 Å². The first-order chi connectivity index (χ1) is 13.3. The highest BCUT2D eigenvalue weighted by Gasteiger charge is 2.51.